The molecule has 0 bridgehead atoms. The molecule has 0 aromatic rings. The van der Waals surface area contributed by atoms with Crippen molar-refractivity contribution in [2.45, 2.75) is 26.4 Å². The van der Waals surface area contributed by atoms with Gasteiger partial charge in [-0.25, -0.2) is 0 Å². The third-order valence-corrected chi connectivity index (χ3v) is 1.52. The molecule has 0 rings (SSSR count). The first-order valence-corrected chi connectivity index (χ1v) is 4.61. The van der Waals surface area contributed by atoms with Crippen molar-refractivity contribution < 1.29 is 28.6 Å². The summed E-state index contributed by atoms with van der Waals surface area (Å²) in [6, 6.07) is 0. The predicted molar refractivity (Wildman–Crippen MR) is 53.4 cm³/mol. The Bertz CT molecular complexity index is 272. The van der Waals surface area contributed by atoms with Gasteiger partial charge < -0.3 is 14.2 Å². The topological polar surface area (TPSA) is 78.9 Å². The van der Waals surface area contributed by atoms with Gasteiger partial charge in [-0.1, -0.05) is 0 Å². The van der Waals surface area contributed by atoms with Crippen molar-refractivity contribution in [2.75, 3.05) is 14.2 Å². The van der Waals surface area contributed by atoms with E-state index in [2.05, 4.69) is 9.47 Å². The molecule has 92 valence electrons. The van der Waals surface area contributed by atoms with Crippen molar-refractivity contribution in [2.24, 2.45) is 5.92 Å². The second-order valence-corrected chi connectivity index (χ2v) is 4.01. The van der Waals surface area contributed by atoms with Gasteiger partial charge in [0.1, 0.15) is 5.60 Å². The third-order valence-electron chi connectivity index (χ3n) is 1.52. The number of rotatable bonds is 3. The lowest BCUT2D eigenvalue weighted by Crippen LogP contribution is -2.38. The Kier molecular flexibility index (Phi) is 4.94. The van der Waals surface area contributed by atoms with E-state index in [4.69, 9.17) is 4.74 Å². The van der Waals surface area contributed by atoms with E-state index >= 15 is 0 Å². The largest absolute Gasteiger partial charge is 0.468 e. The Balaban J connectivity index is 4.84. The molecule has 0 aliphatic carbocycles. The summed E-state index contributed by atoms with van der Waals surface area (Å²) in [7, 11) is 2.14. The SMILES string of the molecule is COC(=O)C(C(=O)OC)C(=O)OC(C)(C)C. The Hall–Kier alpha value is -1.59. The molecule has 0 aliphatic heterocycles. The van der Waals surface area contributed by atoms with Crippen LogP contribution in [0.5, 0.6) is 0 Å². The zero-order valence-corrected chi connectivity index (χ0v) is 10.0. The molecular formula is C10H16O6. The van der Waals surface area contributed by atoms with E-state index in [9.17, 15) is 14.4 Å². The van der Waals surface area contributed by atoms with Crippen LogP contribution in [-0.4, -0.2) is 37.7 Å². The average Bonchev–Trinajstić information content (AvgIpc) is 2.14. The van der Waals surface area contributed by atoms with Crippen LogP contribution in [0, 0.1) is 5.92 Å². The highest BCUT2D eigenvalue weighted by Crippen LogP contribution is 2.13. The van der Waals surface area contributed by atoms with Gasteiger partial charge in [0.05, 0.1) is 14.2 Å². The van der Waals surface area contributed by atoms with Gasteiger partial charge in [-0.05, 0) is 20.8 Å². The Morgan fingerprint density at radius 2 is 1.25 bits per heavy atom. The van der Waals surface area contributed by atoms with Gasteiger partial charge >= 0.3 is 17.9 Å². The summed E-state index contributed by atoms with van der Waals surface area (Å²) >= 11 is 0. The highest BCUT2D eigenvalue weighted by Gasteiger charge is 2.39. The minimum absolute atomic E-state index is 0.794. The lowest BCUT2D eigenvalue weighted by molar-refractivity contribution is -0.175. The first kappa shape index (κ1) is 14.4. The van der Waals surface area contributed by atoms with Crippen LogP contribution >= 0.6 is 0 Å². The highest BCUT2D eigenvalue weighted by molar-refractivity contribution is 6.12. The van der Waals surface area contributed by atoms with Crippen LogP contribution in [-0.2, 0) is 28.6 Å². The summed E-state index contributed by atoms with van der Waals surface area (Å²) in [5, 5.41) is 0. The summed E-state index contributed by atoms with van der Waals surface area (Å²) in [5.74, 6) is -4.66. The minimum atomic E-state index is -1.69. The van der Waals surface area contributed by atoms with E-state index in [1.807, 2.05) is 0 Å². The average molecular weight is 232 g/mol. The van der Waals surface area contributed by atoms with Gasteiger partial charge in [-0.3, -0.25) is 14.4 Å². The number of carbonyl (C=O) groups is 3. The number of carbonyl (C=O) groups excluding carboxylic acids is 3. The molecule has 0 aromatic carbocycles. The molecule has 0 N–H and O–H groups in total. The Morgan fingerprint density at radius 3 is 1.50 bits per heavy atom. The lowest BCUT2D eigenvalue weighted by atomic mass is 10.1. The molecule has 0 unspecified atom stereocenters. The molecule has 0 spiro atoms. The lowest BCUT2D eigenvalue weighted by Gasteiger charge is -2.21. The second-order valence-electron chi connectivity index (χ2n) is 4.01. The second kappa shape index (κ2) is 5.48. The van der Waals surface area contributed by atoms with Crippen molar-refractivity contribution in [3.05, 3.63) is 0 Å². The van der Waals surface area contributed by atoms with Crippen LogP contribution in [0.25, 0.3) is 0 Å². The zero-order valence-electron chi connectivity index (χ0n) is 10.0. The molecule has 0 saturated heterocycles. The van der Waals surface area contributed by atoms with Crippen LogP contribution in [0.2, 0.25) is 0 Å². The Labute approximate surface area is 93.8 Å². The molecule has 0 heterocycles. The van der Waals surface area contributed by atoms with Crippen LogP contribution in [0.1, 0.15) is 20.8 Å². The molecule has 0 radical (unpaired) electrons. The number of hydrogen-bond donors (Lipinski definition) is 0. The molecule has 6 heteroatoms. The molecule has 16 heavy (non-hydrogen) atoms. The maximum absolute atomic E-state index is 11.5. The molecule has 0 fully saturated rings. The van der Waals surface area contributed by atoms with E-state index in [-0.39, 0.29) is 0 Å². The van der Waals surface area contributed by atoms with Gasteiger partial charge in [0.2, 0.25) is 0 Å². The summed E-state index contributed by atoms with van der Waals surface area (Å²) in [6.45, 7) is 4.86. The minimum Gasteiger partial charge on any atom is -0.468 e. The van der Waals surface area contributed by atoms with Crippen molar-refractivity contribution in [3.63, 3.8) is 0 Å². The molecule has 0 saturated carbocycles. The first-order chi connectivity index (χ1) is 7.22. The quantitative estimate of drug-likeness (QED) is 0.395. The van der Waals surface area contributed by atoms with E-state index in [0.29, 0.717) is 0 Å². The zero-order chi connectivity index (χ0) is 12.9. The van der Waals surface area contributed by atoms with Gasteiger partial charge in [-0.2, -0.15) is 0 Å². The molecular weight excluding hydrogens is 216 g/mol. The van der Waals surface area contributed by atoms with Crippen molar-refractivity contribution >= 4 is 17.9 Å². The van der Waals surface area contributed by atoms with Crippen LogP contribution in [0.3, 0.4) is 0 Å². The number of esters is 3. The van der Waals surface area contributed by atoms with Crippen LogP contribution in [0.4, 0.5) is 0 Å². The standard InChI is InChI=1S/C10H16O6/c1-10(2,3)16-9(13)6(7(11)14-4)8(12)15-5/h6H,1-5H3. The van der Waals surface area contributed by atoms with Gasteiger partial charge in [0, 0.05) is 0 Å². The van der Waals surface area contributed by atoms with Crippen molar-refractivity contribution in [3.8, 4) is 0 Å². The van der Waals surface area contributed by atoms with E-state index in [1.54, 1.807) is 20.8 Å². The monoisotopic (exact) mass is 232 g/mol. The smallest absolute Gasteiger partial charge is 0.332 e. The summed E-state index contributed by atoms with van der Waals surface area (Å²) in [4.78, 5) is 34.0. The van der Waals surface area contributed by atoms with Crippen molar-refractivity contribution in [1.29, 1.82) is 0 Å². The normalized spacial score (nSPS) is 10.9. The molecule has 0 aliphatic rings. The van der Waals surface area contributed by atoms with Crippen molar-refractivity contribution in [1.82, 2.24) is 0 Å². The maximum Gasteiger partial charge on any atom is 0.332 e. The van der Waals surface area contributed by atoms with Crippen LogP contribution in [0.15, 0.2) is 0 Å². The fourth-order valence-corrected chi connectivity index (χ4v) is 0.885. The van der Waals surface area contributed by atoms with Gasteiger partial charge in [0.15, 0.2) is 0 Å². The highest BCUT2D eigenvalue weighted by atomic mass is 16.6. The number of ether oxygens (including phenoxy) is 3. The molecule has 0 amide bonds. The predicted octanol–water partition coefficient (Wildman–Crippen LogP) is 0.290. The summed E-state index contributed by atoms with van der Waals surface area (Å²) < 4.78 is 13.6. The first-order valence-electron chi connectivity index (χ1n) is 4.61. The van der Waals surface area contributed by atoms with E-state index < -0.39 is 29.4 Å². The fraction of sp³-hybridized carbons (Fsp3) is 0.700. The molecule has 0 aromatic heterocycles. The Morgan fingerprint density at radius 1 is 0.875 bits per heavy atom. The number of hydrogen-bond acceptors (Lipinski definition) is 6. The van der Waals surface area contributed by atoms with E-state index in [0.717, 1.165) is 14.2 Å². The summed E-state index contributed by atoms with van der Waals surface area (Å²) in [6.07, 6.45) is 0. The third kappa shape index (κ3) is 4.29. The van der Waals surface area contributed by atoms with Gasteiger partial charge in [0.25, 0.3) is 5.92 Å². The maximum atomic E-state index is 11.5. The van der Waals surface area contributed by atoms with E-state index in [1.165, 1.54) is 0 Å². The molecule has 0 atom stereocenters. The fourth-order valence-electron chi connectivity index (χ4n) is 0.885. The molecule has 6 nitrogen and oxygen atoms in total. The van der Waals surface area contributed by atoms with Crippen LogP contribution < -0.4 is 0 Å². The van der Waals surface area contributed by atoms with Gasteiger partial charge in [-0.15, -0.1) is 0 Å². The summed E-state index contributed by atoms with van der Waals surface area (Å²) in [5.41, 5.74) is -0.794. The number of methoxy groups -OCH3 is 2.